The van der Waals surface area contributed by atoms with Crippen LogP contribution in [-0.4, -0.2) is 17.5 Å². The number of carbonyl (C=O) groups is 1. The van der Waals surface area contributed by atoms with E-state index >= 15 is 0 Å². The molecule has 0 spiro atoms. The van der Waals surface area contributed by atoms with Gasteiger partial charge in [-0.05, 0) is 47.4 Å². The van der Waals surface area contributed by atoms with Crippen LogP contribution in [0, 0.1) is 19.6 Å². The lowest BCUT2D eigenvalue weighted by Gasteiger charge is -2.07. The Hall–Kier alpha value is -1.18. The molecule has 0 aliphatic carbocycles. The van der Waals surface area contributed by atoms with Crippen LogP contribution < -0.4 is 0 Å². The SMILES string of the molecule is CC(C)CCCOC(=O)c1cc([N+](=O)[O-])ccc1I. The fourth-order valence-corrected chi connectivity index (χ4v) is 2.07. The van der Waals surface area contributed by atoms with E-state index in [4.69, 9.17) is 4.74 Å². The van der Waals surface area contributed by atoms with E-state index in [1.165, 1.54) is 12.1 Å². The molecule has 0 radical (unpaired) electrons. The third kappa shape index (κ3) is 5.14. The van der Waals surface area contributed by atoms with Gasteiger partial charge in [0, 0.05) is 15.7 Å². The monoisotopic (exact) mass is 377 g/mol. The smallest absolute Gasteiger partial charge is 0.339 e. The molecule has 0 amide bonds. The van der Waals surface area contributed by atoms with Crippen molar-refractivity contribution in [1.82, 2.24) is 0 Å². The van der Waals surface area contributed by atoms with Crippen LogP contribution >= 0.6 is 22.6 Å². The van der Waals surface area contributed by atoms with E-state index in [1.807, 2.05) is 22.6 Å². The zero-order valence-electron chi connectivity index (χ0n) is 10.9. The minimum Gasteiger partial charge on any atom is -0.462 e. The number of non-ortho nitro benzene ring substituents is 1. The van der Waals surface area contributed by atoms with Crippen LogP contribution in [0.3, 0.4) is 0 Å². The van der Waals surface area contributed by atoms with Gasteiger partial charge in [-0.3, -0.25) is 10.1 Å². The molecule has 0 atom stereocenters. The van der Waals surface area contributed by atoms with E-state index in [9.17, 15) is 14.9 Å². The van der Waals surface area contributed by atoms with Gasteiger partial charge in [0.2, 0.25) is 0 Å². The Morgan fingerprint density at radius 2 is 2.16 bits per heavy atom. The van der Waals surface area contributed by atoms with E-state index in [0.29, 0.717) is 16.1 Å². The van der Waals surface area contributed by atoms with Gasteiger partial charge in [-0.1, -0.05) is 13.8 Å². The van der Waals surface area contributed by atoms with Gasteiger partial charge in [-0.25, -0.2) is 4.79 Å². The summed E-state index contributed by atoms with van der Waals surface area (Å²) in [5, 5.41) is 10.7. The average Bonchev–Trinajstić information content (AvgIpc) is 2.34. The van der Waals surface area contributed by atoms with Gasteiger partial charge < -0.3 is 4.74 Å². The fourth-order valence-electron chi connectivity index (χ4n) is 1.52. The lowest BCUT2D eigenvalue weighted by Crippen LogP contribution is -2.09. The van der Waals surface area contributed by atoms with E-state index in [0.717, 1.165) is 12.8 Å². The molecule has 0 unspecified atom stereocenters. The summed E-state index contributed by atoms with van der Waals surface area (Å²) in [6, 6.07) is 4.17. The van der Waals surface area contributed by atoms with E-state index in [2.05, 4.69) is 13.8 Å². The first-order chi connectivity index (χ1) is 8.91. The second-order valence-corrected chi connectivity index (χ2v) is 5.76. The second-order valence-electron chi connectivity index (χ2n) is 4.59. The molecular weight excluding hydrogens is 361 g/mol. The molecule has 0 fully saturated rings. The molecule has 0 N–H and O–H groups in total. The summed E-state index contributed by atoms with van der Waals surface area (Å²) in [7, 11) is 0. The number of carbonyl (C=O) groups excluding carboxylic acids is 1. The maximum Gasteiger partial charge on any atom is 0.339 e. The Balaban J connectivity index is 2.66. The first kappa shape index (κ1) is 15.9. The number of rotatable bonds is 6. The van der Waals surface area contributed by atoms with Crippen molar-refractivity contribution in [2.75, 3.05) is 6.61 Å². The number of esters is 1. The molecule has 1 aromatic rings. The van der Waals surface area contributed by atoms with Gasteiger partial charge >= 0.3 is 5.97 Å². The molecule has 0 aliphatic heterocycles. The molecule has 6 heteroatoms. The Kier molecular flexibility index (Phi) is 6.20. The highest BCUT2D eigenvalue weighted by Crippen LogP contribution is 2.20. The number of nitro groups is 1. The molecule has 19 heavy (non-hydrogen) atoms. The zero-order valence-corrected chi connectivity index (χ0v) is 13.0. The van der Waals surface area contributed by atoms with Crippen LogP contribution in [0.25, 0.3) is 0 Å². The summed E-state index contributed by atoms with van der Waals surface area (Å²) in [5.41, 5.74) is 0.147. The molecule has 0 aliphatic rings. The van der Waals surface area contributed by atoms with Gasteiger partial charge in [-0.2, -0.15) is 0 Å². The predicted molar refractivity (Wildman–Crippen MR) is 80.2 cm³/mol. The largest absolute Gasteiger partial charge is 0.462 e. The number of nitrogens with zero attached hydrogens (tertiary/aromatic N) is 1. The summed E-state index contributed by atoms with van der Waals surface area (Å²) in [6.07, 6.45) is 1.79. The molecule has 0 bridgehead atoms. The van der Waals surface area contributed by atoms with Crippen molar-refractivity contribution < 1.29 is 14.5 Å². The third-order valence-corrected chi connectivity index (χ3v) is 3.48. The summed E-state index contributed by atoms with van der Waals surface area (Å²) in [5.74, 6) is 0.0634. The Bertz CT molecular complexity index is 474. The van der Waals surface area contributed by atoms with E-state index in [1.54, 1.807) is 6.07 Å². The Morgan fingerprint density at radius 3 is 2.74 bits per heavy atom. The Labute approximate surface area is 125 Å². The molecule has 0 saturated carbocycles. The minimum atomic E-state index is -0.522. The van der Waals surface area contributed by atoms with Crippen molar-refractivity contribution in [3.05, 3.63) is 37.4 Å². The van der Waals surface area contributed by atoms with Gasteiger partial charge in [0.05, 0.1) is 17.1 Å². The van der Waals surface area contributed by atoms with Crippen LogP contribution in [0.2, 0.25) is 0 Å². The number of halogens is 1. The van der Waals surface area contributed by atoms with Crippen molar-refractivity contribution in [3.63, 3.8) is 0 Å². The Morgan fingerprint density at radius 1 is 1.47 bits per heavy atom. The fraction of sp³-hybridized carbons (Fsp3) is 0.462. The van der Waals surface area contributed by atoms with Crippen LogP contribution in [-0.2, 0) is 4.74 Å². The molecule has 104 valence electrons. The molecule has 1 rings (SSSR count). The van der Waals surface area contributed by atoms with Gasteiger partial charge in [0.25, 0.3) is 5.69 Å². The summed E-state index contributed by atoms with van der Waals surface area (Å²) in [6.45, 7) is 4.55. The number of ether oxygens (including phenoxy) is 1. The zero-order chi connectivity index (χ0) is 14.4. The first-order valence-electron chi connectivity index (χ1n) is 6.03. The summed E-state index contributed by atoms with van der Waals surface area (Å²) < 4.78 is 5.78. The van der Waals surface area contributed by atoms with Gasteiger partial charge in [-0.15, -0.1) is 0 Å². The molecule has 0 heterocycles. The van der Waals surface area contributed by atoms with E-state index in [-0.39, 0.29) is 11.3 Å². The summed E-state index contributed by atoms with van der Waals surface area (Å²) in [4.78, 5) is 22.0. The highest BCUT2D eigenvalue weighted by molar-refractivity contribution is 14.1. The number of hydrogen-bond acceptors (Lipinski definition) is 4. The highest BCUT2D eigenvalue weighted by atomic mass is 127. The predicted octanol–water partition coefficient (Wildman–Crippen LogP) is 3.79. The number of benzene rings is 1. The van der Waals surface area contributed by atoms with Crippen molar-refractivity contribution in [1.29, 1.82) is 0 Å². The van der Waals surface area contributed by atoms with Crippen molar-refractivity contribution in [3.8, 4) is 0 Å². The standard InChI is InChI=1S/C13H16INO4/c1-9(2)4-3-7-19-13(16)11-8-10(15(17)18)5-6-12(11)14/h5-6,8-9H,3-4,7H2,1-2H3. The molecule has 1 aromatic carbocycles. The van der Waals surface area contributed by atoms with Crippen LogP contribution in [0.5, 0.6) is 0 Å². The first-order valence-corrected chi connectivity index (χ1v) is 7.10. The lowest BCUT2D eigenvalue weighted by molar-refractivity contribution is -0.384. The van der Waals surface area contributed by atoms with Crippen LogP contribution in [0.15, 0.2) is 18.2 Å². The minimum absolute atomic E-state index is 0.102. The molecular formula is C13H16INO4. The maximum absolute atomic E-state index is 11.8. The maximum atomic E-state index is 11.8. The van der Waals surface area contributed by atoms with E-state index < -0.39 is 10.9 Å². The quantitative estimate of drug-likeness (QED) is 0.249. The van der Waals surface area contributed by atoms with Crippen LogP contribution in [0.4, 0.5) is 5.69 Å². The topological polar surface area (TPSA) is 69.4 Å². The molecule has 5 nitrogen and oxygen atoms in total. The van der Waals surface area contributed by atoms with Gasteiger partial charge in [0.15, 0.2) is 0 Å². The lowest BCUT2D eigenvalue weighted by atomic mass is 10.1. The highest BCUT2D eigenvalue weighted by Gasteiger charge is 2.16. The van der Waals surface area contributed by atoms with Gasteiger partial charge in [0.1, 0.15) is 0 Å². The van der Waals surface area contributed by atoms with Crippen LogP contribution in [0.1, 0.15) is 37.0 Å². The second kappa shape index (κ2) is 7.42. The number of hydrogen-bond donors (Lipinski definition) is 0. The summed E-state index contributed by atoms with van der Waals surface area (Å²) >= 11 is 1.96. The van der Waals surface area contributed by atoms with Crippen molar-refractivity contribution >= 4 is 34.2 Å². The normalized spacial score (nSPS) is 10.5. The molecule has 0 saturated heterocycles. The number of nitro benzene ring substituents is 1. The average molecular weight is 377 g/mol. The van der Waals surface area contributed by atoms with Crippen molar-refractivity contribution in [2.24, 2.45) is 5.92 Å². The molecule has 0 aromatic heterocycles. The van der Waals surface area contributed by atoms with Crippen molar-refractivity contribution in [2.45, 2.75) is 26.7 Å². The third-order valence-electron chi connectivity index (χ3n) is 2.54.